The fraction of sp³-hybridized carbons (Fsp3) is 0.400. The average Bonchev–Trinajstić information content (AvgIpc) is 3.49. The van der Waals surface area contributed by atoms with Gasteiger partial charge in [0.1, 0.15) is 4.83 Å². The molecule has 6 rings (SSSR count). The van der Waals surface area contributed by atoms with Crippen LogP contribution in [0, 0.1) is 6.92 Å². The molecule has 0 fully saturated rings. The van der Waals surface area contributed by atoms with E-state index >= 15 is 0 Å². The summed E-state index contributed by atoms with van der Waals surface area (Å²) in [5, 5.41) is 4.16. The van der Waals surface area contributed by atoms with E-state index in [-0.39, 0.29) is 11.6 Å². The predicted octanol–water partition coefficient (Wildman–Crippen LogP) is 4.55. The molecule has 0 N–H and O–H groups in total. The van der Waals surface area contributed by atoms with Gasteiger partial charge in [-0.3, -0.25) is 14.3 Å². The Bertz CT molecular complexity index is 1340. The number of hydrogen-bond acceptors (Lipinski definition) is 6. The highest BCUT2D eigenvalue weighted by Crippen LogP contribution is 2.36. The average molecular weight is 463 g/mol. The van der Waals surface area contributed by atoms with Crippen molar-refractivity contribution in [3.63, 3.8) is 0 Å². The van der Waals surface area contributed by atoms with Gasteiger partial charge in [-0.25, -0.2) is 9.97 Å². The molecule has 32 heavy (non-hydrogen) atoms. The zero-order valence-electron chi connectivity index (χ0n) is 18.4. The number of thiophene rings is 1. The van der Waals surface area contributed by atoms with E-state index in [2.05, 4.69) is 53.5 Å². The van der Waals surface area contributed by atoms with Crippen LogP contribution in [0.2, 0.25) is 0 Å². The molecule has 2 aliphatic rings. The summed E-state index contributed by atoms with van der Waals surface area (Å²) in [4.78, 5) is 27.6. The van der Waals surface area contributed by atoms with Gasteiger partial charge in [-0.15, -0.1) is 22.7 Å². The van der Waals surface area contributed by atoms with Gasteiger partial charge in [-0.05, 0) is 62.8 Å². The van der Waals surface area contributed by atoms with Crippen LogP contribution in [0.1, 0.15) is 44.7 Å². The molecule has 1 atom stereocenters. The molecule has 0 saturated carbocycles. The van der Waals surface area contributed by atoms with Crippen molar-refractivity contribution in [2.75, 3.05) is 7.05 Å². The molecule has 1 unspecified atom stereocenters. The number of benzene rings is 1. The zero-order valence-corrected chi connectivity index (χ0v) is 20.0. The van der Waals surface area contributed by atoms with E-state index in [0.29, 0.717) is 6.04 Å². The number of hydrogen-bond donors (Lipinski definition) is 0. The molecule has 0 bridgehead atoms. The molecule has 1 aromatic carbocycles. The Kier molecular flexibility index (Phi) is 5.01. The van der Waals surface area contributed by atoms with Crippen molar-refractivity contribution in [1.29, 1.82) is 0 Å². The normalized spacial score (nSPS) is 18.4. The SMILES string of the molecule is Cc1nc(CN(C)C2CCc3c(sc4ncn(C5Cc6ccccc6C5)c(=O)c34)C2)cs1. The van der Waals surface area contributed by atoms with Crippen LogP contribution in [0.15, 0.2) is 40.8 Å². The summed E-state index contributed by atoms with van der Waals surface area (Å²) in [5.74, 6) is 0. The second kappa shape index (κ2) is 7.90. The van der Waals surface area contributed by atoms with Gasteiger partial charge in [0.2, 0.25) is 0 Å². The number of aromatic nitrogens is 3. The molecule has 0 radical (unpaired) electrons. The van der Waals surface area contributed by atoms with Crippen LogP contribution in [0.25, 0.3) is 10.2 Å². The minimum absolute atomic E-state index is 0.148. The van der Waals surface area contributed by atoms with Crippen LogP contribution in [0.4, 0.5) is 0 Å². The summed E-state index contributed by atoms with van der Waals surface area (Å²) in [7, 11) is 2.20. The number of aryl methyl sites for hydroxylation is 2. The molecule has 164 valence electrons. The van der Waals surface area contributed by atoms with Gasteiger partial charge >= 0.3 is 0 Å². The molecular weight excluding hydrogens is 436 g/mol. The summed E-state index contributed by atoms with van der Waals surface area (Å²) in [6, 6.07) is 9.19. The van der Waals surface area contributed by atoms with Crippen molar-refractivity contribution in [3.05, 3.63) is 78.6 Å². The van der Waals surface area contributed by atoms with Crippen LogP contribution in [-0.2, 0) is 32.2 Å². The van der Waals surface area contributed by atoms with Crippen LogP contribution in [0.5, 0.6) is 0 Å². The van der Waals surface area contributed by atoms with Gasteiger partial charge < -0.3 is 0 Å². The largest absolute Gasteiger partial charge is 0.297 e. The molecule has 5 nitrogen and oxygen atoms in total. The third kappa shape index (κ3) is 3.43. The molecule has 4 aromatic rings. The molecule has 0 amide bonds. The van der Waals surface area contributed by atoms with Gasteiger partial charge in [0.15, 0.2) is 0 Å². The number of thiazole rings is 1. The molecule has 3 heterocycles. The third-order valence-electron chi connectivity index (χ3n) is 7.09. The molecule has 3 aromatic heterocycles. The van der Waals surface area contributed by atoms with E-state index in [1.54, 1.807) is 29.0 Å². The summed E-state index contributed by atoms with van der Waals surface area (Å²) >= 11 is 3.43. The first kappa shape index (κ1) is 20.3. The highest BCUT2D eigenvalue weighted by atomic mass is 32.1. The number of nitrogens with zero attached hydrogens (tertiary/aromatic N) is 4. The third-order valence-corrected chi connectivity index (χ3v) is 9.08. The van der Waals surface area contributed by atoms with E-state index in [1.807, 2.05) is 4.57 Å². The van der Waals surface area contributed by atoms with Crippen molar-refractivity contribution in [2.24, 2.45) is 0 Å². The van der Waals surface area contributed by atoms with Gasteiger partial charge in [0.05, 0.1) is 22.4 Å². The maximum Gasteiger partial charge on any atom is 0.262 e. The number of likely N-dealkylation sites (N-methyl/N-ethyl adjacent to an activating group) is 1. The highest BCUT2D eigenvalue weighted by molar-refractivity contribution is 7.18. The number of fused-ring (bicyclic) bond motifs is 4. The summed E-state index contributed by atoms with van der Waals surface area (Å²) in [6.45, 7) is 2.94. The molecule has 0 saturated heterocycles. The molecule has 2 aliphatic carbocycles. The van der Waals surface area contributed by atoms with Gasteiger partial charge in [-0.1, -0.05) is 24.3 Å². The predicted molar refractivity (Wildman–Crippen MR) is 131 cm³/mol. The van der Waals surface area contributed by atoms with E-state index in [4.69, 9.17) is 4.98 Å². The van der Waals surface area contributed by atoms with Crippen molar-refractivity contribution in [1.82, 2.24) is 19.4 Å². The van der Waals surface area contributed by atoms with E-state index < -0.39 is 0 Å². The van der Waals surface area contributed by atoms with Crippen molar-refractivity contribution >= 4 is 32.9 Å². The van der Waals surface area contributed by atoms with Crippen molar-refractivity contribution in [3.8, 4) is 0 Å². The van der Waals surface area contributed by atoms with Gasteiger partial charge in [0.25, 0.3) is 5.56 Å². The zero-order chi connectivity index (χ0) is 21.8. The second-order valence-corrected chi connectivity index (χ2v) is 11.3. The molecular formula is C25H26N4OS2. The maximum absolute atomic E-state index is 13.6. The van der Waals surface area contributed by atoms with Gasteiger partial charge in [-0.2, -0.15) is 0 Å². The Hall–Kier alpha value is -2.35. The Labute approximate surface area is 195 Å². The maximum atomic E-state index is 13.6. The smallest absolute Gasteiger partial charge is 0.262 e. The summed E-state index contributed by atoms with van der Waals surface area (Å²) in [5.41, 5.74) is 5.27. The topological polar surface area (TPSA) is 51.0 Å². The van der Waals surface area contributed by atoms with Gasteiger partial charge in [0, 0.05) is 28.9 Å². The van der Waals surface area contributed by atoms with Crippen LogP contribution >= 0.6 is 22.7 Å². The Balaban J connectivity index is 1.27. The van der Waals surface area contributed by atoms with E-state index in [0.717, 1.165) is 59.6 Å². The van der Waals surface area contributed by atoms with Crippen molar-refractivity contribution < 1.29 is 0 Å². The van der Waals surface area contributed by atoms with Crippen LogP contribution < -0.4 is 5.56 Å². The fourth-order valence-corrected chi connectivity index (χ4v) is 7.25. The lowest BCUT2D eigenvalue weighted by Crippen LogP contribution is -2.36. The Morgan fingerprint density at radius 3 is 2.69 bits per heavy atom. The summed E-state index contributed by atoms with van der Waals surface area (Å²) < 4.78 is 1.90. The molecule has 0 aliphatic heterocycles. The first-order valence-corrected chi connectivity index (χ1v) is 13.0. The number of rotatable bonds is 4. The van der Waals surface area contributed by atoms with Crippen LogP contribution in [-0.4, -0.2) is 32.5 Å². The standard InChI is InChI=1S/C25H26N4OS2/c1-15-27-18(13-31-15)12-28(2)19-7-8-21-22(11-19)32-24-23(21)25(30)29(14-26-24)20-9-16-5-3-4-6-17(16)10-20/h3-6,13-14,19-20H,7-12H2,1-2H3. The highest BCUT2D eigenvalue weighted by Gasteiger charge is 2.29. The lowest BCUT2D eigenvalue weighted by molar-refractivity contribution is 0.213. The minimum Gasteiger partial charge on any atom is -0.297 e. The molecule has 0 spiro atoms. The minimum atomic E-state index is 0.148. The van der Waals surface area contributed by atoms with Crippen LogP contribution in [0.3, 0.4) is 0 Å². The molecule has 7 heteroatoms. The Morgan fingerprint density at radius 2 is 1.97 bits per heavy atom. The van der Waals surface area contributed by atoms with E-state index in [1.165, 1.54) is 21.6 Å². The fourth-order valence-electron chi connectivity index (χ4n) is 5.40. The lowest BCUT2D eigenvalue weighted by atomic mass is 9.92. The first-order chi connectivity index (χ1) is 15.6. The summed E-state index contributed by atoms with van der Waals surface area (Å²) in [6.07, 6.45) is 6.63. The lowest BCUT2D eigenvalue weighted by Gasteiger charge is -2.30. The first-order valence-electron chi connectivity index (χ1n) is 11.3. The second-order valence-electron chi connectivity index (χ2n) is 9.14. The quantitative estimate of drug-likeness (QED) is 0.446. The van der Waals surface area contributed by atoms with Crippen molar-refractivity contribution in [2.45, 2.75) is 57.7 Å². The monoisotopic (exact) mass is 462 g/mol. The van der Waals surface area contributed by atoms with E-state index in [9.17, 15) is 4.79 Å². The Morgan fingerprint density at radius 1 is 1.19 bits per heavy atom.